The minimum Gasteiger partial charge on any atom is -0.314 e. The van der Waals surface area contributed by atoms with E-state index in [4.69, 9.17) is 11.6 Å². The molecule has 1 fully saturated rings. The van der Waals surface area contributed by atoms with Crippen LogP contribution >= 0.6 is 11.6 Å². The summed E-state index contributed by atoms with van der Waals surface area (Å²) in [6.45, 7) is 7.65. The lowest BCUT2D eigenvalue weighted by Crippen LogP contribution is -2.42. The number of piperazine rings is 1. The number of aryl methyl sites for hydroxylation is 1. The highest BCUT2D eigenvalue weighted by Gasteiger charge is 2.10. The van der Waals surface area contributed by atoms with E-state index in [9.17, 15) is 0 Å². The van der Waals surface area contributed by atoms with Crippen molar-refractivity contribution < 1.29 is 0 Å². The van der Waals surface area contributed by atoms with E-state index in [1.807, 2.05) is 0 Å². The fourth-order valence-corrected chi connectivity index (χ4v) is 2.42. The van der Waals surface area contributed by atoms with E-state index in [0.717, 1.165) is 44.2 Å². The average molecular weight is 239 g/mol. The van der Waals surface area contributed by atoms with Gasteiger partial charge in [0.05, 0.1) is 0 Å². The molecule has 0 amide bonds. The number of rotatable bonds is 3. The lowest BCUT2D eigenvalue weighted by Gasteiger charge is -2.27. The Kier molecular flexibility index (Phi) is 4.22. The Morgan fingerprint density at radius 2 is 1.88 bits per heavy atom. The molecule has 1 heterocycles. The molecule has 3 heteroatoms. The van der Waals surface area contributed by atoms with Crippen molar-refractivity contribution in [2.24, 2.45) is 0 Å². The van der Waals surface area contributed by atoms with Gasteiger partial charge in [-0.2, -0.15) is 0 Å². The number of hydrogen-bond donors (Lipinski definition) is 1. The van der Waals surface area contributed by atoms with Gasteiger partial charge in [0.1, 0.15) is 0 Å². The zero-order valence-electron chi connectivity index (χ0n) is 9.80. The molecular weight excluding hydrogens is 220 g/mol. The van der Waals surface area contributed by atoms with Gasteiger partial charge in [-0.25, -0.2) is 0 Å². The monoisotopic (exact) mass is 238 g/mol. The van der Waals surface area contributed by atoms with Crippen molar-refractivity contribution in [3.8, 4) is 0 Å². The van der Waals surface area contributed by atoms with Crippen molar-refractivity contribution in [1.82, 2.24) is 10.2 Å². The fraction of sp³-hybridized carbons (Fsp3) is 0.538. The van der Waals surface area contributed by atoms with E-state index < -0.39 is 0 Å². The molecule has 2 rings (SSSR count). The van der Waals surface area contributed by atoms with Crippen LogP contribution in [0, 0.1) is 0 Å². The lowest BCUT2D eigenvalue weighted by molar-refractivity contribution is 0.233. The van der Waals surface area contributed by atoms with Gasteiger partial charge in [0.15, 0.2) is 0 Å². The number of nitrogens with one attached hydrogen (secondary N) is 1. The third kappa shape index (κ3) is 3.21. The van der Waals surface area contributed by atoms with E-state index in [0.29, 0.717) is 0 Å². The molecule has 2 nitrogen and oxygen atoms in total. The Bertz CT molecular complexity index is 346. The summed E-state index contributed by atoms with van der Waals surface area (Å²) in [6, 6.07) is 6.42. The Hall–Kier alpha value is -0.570. The Morgan fingerprint density at radius 1 is 1.19 bits per heavy atom. The first kappa shape index (κ1) is 11.9. The summed E-state index contributed by atoms with van der Waals surface area (Å²) in [7, 11) is 0. The topological polar surface area (TPSA) is 15.3 Å². The Balaban J connectivity index is 2.04. The molecule has 1 N–H and O–H groups in total. The number of nitrogens with zero attached hydrogens (tertiary/aromatic N) is 1. The first-order chi connectivity index (χ1) is 7.78. The summed E-state index contributed by atoms with van der Waals surface area (Å²) in [6.07, 6.45) is 1.05. The van der Waals surface area contributed by atoms with Crippen molar-refractivity contribution in [3.63, 3.8) is 0 Å². The highest BCUT2D eigenvalue weighted by Crippen LogP contribution is 2.17. The van der Waals surface area contributed by atoms with Gasteiger partial charge in [0.2, 0.25) is 0 Å². The van der Waals surface area contributed by atoms with Gasteiger partial charge in [-0.1, -0.05) is 24.6 Å². The van der Waals surface area contributed by atoms with E-state index in [2.05, 4.69) is 35.3 Å². The quantitative estimate of drug-likeness (QED) is 0.870. The van der Waals surface area contributed by atoms with E-state index >= 15 is 0 Å². The van der Waals surface area contributed by atoms with E-state index in [1.165, 1.54) is 11.1 Å². The second kappa shape index (κ2) is 5.67. The number of benzene rings is 1. The predicted molar refractivity (Wildman–Crippen MR) is 69.0 cm³/mol. The molecule has 1 aromatic rings. The maximum atomic E-state index is 6.12. The SMILES string of the molecule is CCc1cc(Cl)cc(CN2CCNCC2)c1. The van der Waals surface area contributed by atoms with Gasteiger partial charge in [0, 0.05) is 37.7 Å². The third-order valence-electron chi connectivity index (χ3n) is 3.04. The molecular formula is C13H19ClN2. The standard InChI is InChI=1S/C13H19ClN2/c1-2-11-7-12(9-13(14)8-11)10-16-5-3-15-4-6-16/h7-9,15H,2-6,10H2,1H3. The van der Waals surface area contributed by atoms with Crippen molar-refractivity contribution in [1.29, 1.82) is 0 Å². The molecule has 0 aromatic heterocycles. The Morgan fingerprint density at radius 3 is 2.56 bits per heavy atom. The number of hydrogen-bond acceptors (Lipinski definition) is 2. The first-order valence-corrected chi connectivity index (χ1v) is 6.37. The molecule has 88 valence electrons. The summed E-state index contributed by atoms with van der Waals surface area (Å²) in [5, 5.41) is 4.23. The van der Waals surface area contributed by atoms with Gasteiger partial charge >= 0.3 is 0 Å². The van der Waals surface area contributed by atoms with Crippen LogP contribution in [0.5, 0.6) is 0 Å². The van der Waals surface area contributed by atoms with Crippen LogP contribution < -0.4 is 5.32 Å². The van der Waals surface area contributed by atoms with Crippen LogP contribution in [-0.2, 0) is 13.0 Å². The molecule has 16 heavy (non-hydrogen) atoms. The molecule has 0 saturated carbocycles. The summed E-state index contributed by atoms with van der Waals surface area (Å²) in [5.41, 5.74) is 2.67. The zero-order chi connectivity index (χ0) is 11.4. The summed E-state index contributed by atoms with van der Waals surface area (Å²) in [5.74, 6) is 0. The average Bonchev–Trinajstić information content (AvgIpc) is 2.29. The number of halogens is 1. The van der Waals surface area contributed by atoms with Crippen LogP contribution in [0.4, 0.5) is 0 Å². The van der Waals surface area contributed by atoms with Gasteiger partial charge in [-0.3, -0.25) is 4.90 Å². The van der Waals surface area contributed by atoms with Crippen molar-refractivity contribution in [2.45, 2.75) is 19.9 Å². The van der Waals surface area contributed by atoms with E-state index in [1.54, 1.807) is 0 Å². The first-order valence-electron chi connectivity index (χ1n) is 5.99. The molecule has 1 aromatic carbocycles. The van der Waals surface area contributed by atoms with Gasteiger partial charge in [-0.05, 0) is 29.7 Å². The summed E-state index contributed by atoms with van der Waals surface area (Å²) in [4.78, 5) is 2.47. The highest BCUT2D eigenvalue weighted by molar-refractivity contribution is 6.30. The molecule has 0 radical (unpaired) electrons. The van der Waals surface area contributed by atoms with Crippen molar-refractivity contribution in [3.05, 3.63) is 34.3 Å². The molecule has 0 unspecified atom stereocenters. The van der Waals surface area contributed by atoms with E-state index in [-0.39, 0.29) is 0 Å². The summed E-state index contributed by atoms with van der Waals surface area (Å²) < 4.78 is 0. The normalized spacial score (nSPS) is 17.6. The molecule has 1 aliphatic heterocycles. The lowest BCUT2D eigenvalue weighted by atomic mass is 10.1. The van der Waals surface area contributed by atoms with Crippen LogP contribution in [-0.4, -0.2) is 31.1 Å². The second-order valence-electron chi connectivity index (χ2n) is 4.35. The molecule has 1 saturated heterocycles. The third-order valence-corrected chi connectivity index (χ3v) is 3.26. The highest BCUT2D eigenvalue weighted by atomic mass is 35.5. The van der Waals surface area contributed by atoms with Crippen LogP contribution in [0.25, 0.3) is 0 Å². The molecule has 1 aliphatic rings. The minimum atomic E-state index is 0.865. The van der Waals surface area contributed by atoms with Gasteiger partial charge < -0.3 is 5.32 Å². The summed E-state index contributed by atoms with van der Waals surface area (Å²) >= 11 is 6.12. The van der Waals surface area contributed by atoms with Crippen molar-refractivity contribution in [2.75, 3.05) is 26.2 Å². The maximum absolute atomic E-state index is 6.12. The zero-order valence-corrected chi connectivity index (χ0v) is 10.6. The fourth-order valence-electron chi connectivity index (χ4n) is 2.14. The van der Waals surface area contributed by atoms with Crippen molar-refractivity contribution >= 4 is 11.6 Å². The van der Waals surface area contributed by atoms with Crippen LogP contribution in [0.3, 0.4) is 0 Å². The minimum absolute atomic E-state index is 0.865. The smallest absolute Gasteiger partial charge is 0.0411 e. The predicted octanol–water partition coefficient (Wildman–Crippen LogP) is 2.31. The molecule has 0 aliphatic carbocycles. The van der Waals surface area contributed by atoms with Crippen LogP contribution in [0.2, 0.25) is 5.02 Å². The van der Waals surface area contributed by atoms with Gasteiger partial charge in [-0.15, -0.1) is 0 Å². The second-order valence-corrected chi connectivity index (χ2v) is 4.78. The van der Waals surface area contributed by atoms with Gasteiger partial charge in [0.25, 0.3) is 0 Å². The Labute approximate surface area is 103 Å². The molecule has 0 spiro atoms. The molecule has 0 bridgehead atoms. The van der Waals surface area contributed by atoms with Crippen LogP contribution in [0.1, 0.15) is 18.1 Å². The largest absolute Gasteiger partial charge is 0.314 e. The maximum Gasteiger partial charge on any atom is 0.0411 e. The van der Waals surface area contributed by atoms with Crippen LogP contribution in [0.15, 0.2) is 18.2 Å². The molecule has 0 atom stereocenters.